The molecule has 5 heteroatoms. The summed E-state index contributed by atoms with van der Waals surface area (Å²) in [5.74, 6) is -1.06. The molecule has 1 unspecified atom stereocenters. The first-order valence-electron chi connectivity index (χ1n) is 3.81. The molecule has 0 spiro atoms. The summed E-state index contributed by atoms with van der Waals surface area (Å²) in [6.07, 6.45) is 0. The molecule has 1 aromatic heterocycles. The van der Waals surface area contributed by atoms with Gasteiger partial charge in [0.25, 0.3) is 0 Å². The van der Waals surface area contributed by atoms with Crippen LogP contribution in [-0.2, 0) is 0 Å². The smallest absolute Gasteiger partial charge is 0.354 e. The Labute approximate surface area is 75.4 Å². The average molecular weight is 181 g/mol. The Balaban J connectivity index is 2.98. The van der Waals surface area contributed by atoms with E-state index in [4.69, 9.17) is 16.6 Å². The molecule has 0 aliphatic carbocycles. The van der Waals surface area contributed by atoms with Crippen molar-refractivity contribution in [2.75, 3.05) is 6.54 Å². The van der Waals surface area contributed by atoms with Gasteiger partial charge in [0.05, 0.1) is 11.7 Å². The second-order valence-electron chi connectivity index (χ2n) is 2.60. The lowest BCUT2D eigenvalue weighted by atomic mass is 10.2. The molecule has 1 atom stereocenters. The van der Waals surface area contributed by atoms with Crippen molar-refractivity contribution in [1.82, 2.24) is 4.98 Å². The molecule has 0 bridgehead atoms. The number of hydrogen-bond acceptors (Lipinski definition) is 4. The summed E-state index contributed by atoms with van der Waals surface area (Å²) in [4.78, 5) is 14.4. The van der Waals surface area contributed by atoms with Gasteiger partial charge in [0.1, 0.15) is 5.69 Å². The van der Waals surface area contributed by atoms with Gasteiger partial charge in [-0.3, -0.25) is 0 Å². The number of nitrogens with two attached hydrogens (primary N) is 2. The minimum atomic E-state index is -1.06. The summed E-state index contributed by atoms with van der Waals surface area (Å²) in [5.41, 5.74) is 11.4. The van der Waals surface area contributed by atoms with Gasteiger partial charge in [-0.05, 0) is 12.1 Å². The number of carboxylic acids is 1. The second-order valence-corrected chi connectivity index (χ2v) is 2.60. The van der Waals surface area contributed by atoms with Crippen molar-refractivity contribution in [3.8, 4) is 0 Å². The van der Waals surface area contributed by atoms with Gasteiger partial charge in [0.15, 0.2) is 0 Å². The largest absolute Gasteiger partial charge is 0.477 e. The van der Waals surface area contributed by atoms with Crippen LogP contribution in [-0.4, -0.2) is 22.6 Å². The highest BCUT2D eigenvalue weighted by atomic mass is 16.4. The first kappa shape index (κ1) is 9.63. The van der Waals surface area contributed by atoms with Crippen LogP contribution in [0.15, 0.2) is 18.2 Å². The maximum absolute atomic E-state index is 10.5. The maximum atomic E-state index is 10.5. The number of nitrogens with zero attached hydrogens (tertiary/aromatic N) is 1. The number of aromatic carboxylic acids is 1. The van der Waals surface area contributed by atoms with Crippen LogP contribution >= 0.6 is 0 Å². The van der Waals surface area contributed by atoms with Gasteiger partial charge in [-0.2, -0.15) is 0 Å². The molecule has 0 radical (unpaired) electrons. The molecule has 13 heavy (non-hydrogen) atoms. The SMILES string of the molecule is NCC(N)c1cccc(C(=O)O)n1. The van der Waals surface area contributed by atoms with Gasteiger partial charge in [0, 0.05) is 6.54 Å². The van der Waals surface area contributed by atoms with E-state index in [9.17, 15) is 4.79 Å². The fourth-order valence-electron chi connectivity index (χ4n) is 0.898. The summed E-state index contributed by atoms with van der Waals surface area (Å²) < 4.78 is 0. The van der Waals surface area contributed by atoms with Crippen molar-refractivity contribution in [3.05, 3.63) is 29.6 Å². The molecular weight excluding hydrogens is 170 g/mol. The normalized spacial score (nSPS) is 12.5. The first-order valence-corrected chi connectivity index (χ1v) is 3.81. The summed E-state index contributed by atoms with van der Waals surface area (Å²) >= 11 is 0. The highest BCUT2D eigenvalue weighted by molar-refractivity contribution is 5.85. The third kappa shape index (κ3) is 2.24. The van der Waals surface area contributed by atoms with E-state index in [1.165, 1.54) is 6.07 Å². The molecule has 0 amide bonds. The van der Waals surface area contributed by atoms with Crippen LogP contribution in [0.5, 0.6) is 0 Å². The zero-order valence-electron chi connectivity index (χ0n) is 6.97. The summed E-state index contributed by atoms with van der Waals surface area (Å²) in [6.45, 7) is 0.246. The van der Waals surface area contributed by atoms with E-state index in [0.717, 1.165) is 0 Å². The van der Waals surface area contributed by atoms with E-state index >= 15 is 0 Å². The number of carbonyl (C=O) groups is 1. The van der Waals surface area contributed by atoms with E-state index in [2.05, 4.69) is 4.98 Å². The van der Waals surface area contributed by atoms with Crippen LogP contribution in [0.1, 0.15) is 22.2 Å². The molecule has 0 fully saturated rings. The highest BCUT2D eigenvalue weighted by Crippen LogP contribution is 2.06. The van der Waals surface area contributed by atoms with Gasteiger partial charge in [-0.25, -0.2) is 9.78 Å². The molecule has 1 rings (SSSR count). The fourth-order valence-corrected chi connectivity index (χ4v) is 0.898. The minimum absolute atomic E-state index is 0.0126. The van der Waals surface area contributed by atoms with Crippen molar-refractivity contribution in [1.29, 1.82) is 0 Å². The van der Waals surface area contributed by atoms with Crippen molar-refractivity contribution < 1.29 is 9.90 Å². The lowest BCUT2D eigenvalue weighted by Gasteiger charge is -2.07. The van der Waals surface area contributed by atoms with Crippen LogP contribution < -0.4 is 11.5 Å². The number of pyridine rings is 1. The molecule has 0 aromatic carbocycles. The number of aromatic nitrogens is 1. The molecule has 1 heterocycles. The van der Waals surface area contributed by atoms with E-state index in [0.29, 0.717) is 5.69 Å². The van der Waals surface area contributed by atoms with Crippen LogP contribution in [0.25, 0.3) is 0 Å². The van der Waals surface area contributed by atoms with Gasteiger partial charge in [0.2, 0.25) is 0 Å². The van der Waals surface area contributed by atoms with Gasteiger partial charge in [-0.1, -0.05) is 6.07 Å². The average Bonchev–Trinajstić information content (AvgIpc) is 2.17. The van der Waals surface area contributed by atoms with Crippen LogP contribution in [0.4, 0.5) is 0 Å². The van der Waals surface area contributed by atoms with Crippen molar-refractivity contribution in [3.63, 3.8) is 0 Å². The molecule has 0 aliphatic rings. The van der Waals surface area contributed by atoms with E-state index in [1.807, 2.05) is 0 Å². The molecule has 0 saturated heterocycles. The summed E-state index contributed by atoms with van der Waals surface area (Å²) in [7, 11) is 0. The number of hydrogen-bond donors (Lipinski definition) is 3. The number of carboxylic acid groups (broad SMARTS) is 1. The standard InChI is InChI=1S/C8H11N3O2/c9-4-5(10)6-2-1-3-7(11-6)8(12)13/h1-3,5H,4,9-10H2,(H,12,13). The Kier molecular flexibility index (Phi) is 2.94. The molecule has 0 aliphatic heterocycles. The molecule has 5 N–H and O–H groups in total. The Morgan fingerprint density at radius 1 is 1.62 bits per heavy atom. The predicted molar refractivity (Wildman–Crippen MR) is 47.2 cm³/mol. The molecule has 0 saturated carbocycles. The van der Waals surface area contributed by atoms with Gasteiger partial charge >= 0.3 is 5.97 Å². The van der Waals surface area contributed by atoms with Crippen LogP contribution in [0.3, 0.4) is 0 Å². The second kappa shape index (κ2) is 3.97. The maximum Gasteiger partial charge on any atom is 0.354 e. The topological polar surface area (TPSA) is 102 Å². The monoisotopic (exact) mass is 181 g/mol. The number of rotatable bonds is 3. The highest BCUT2D eigenvalue weighted by Gasteiger charge is 2.09. The van der Waals surface area contributed by atoms with E-state index in [-0.39, 0.29) is 12.2 Å². The summed E-state index contributed by atoms with van der Waals surface area (Å²) in [6, 6.07) is 4.26. The van der Waals surface area contributed by atoms with Gasteiger partial charge in [-0.15, -0.1) is 0 Å². The quantitative estimate of drug-likeness (QED) is 0.596. The fraction of sp³-hybridized carbons (Fsp3) is 0.250. The molecule has 1 aromatic rings. The predicted octanol–water partition coefficient (Wildman–Crippen LogP) is -0.262. The Bertz CT molecular complexity index is 314. The van der Waals surface area contributed by atoms with Crippen molar-refractivity contribution in [2.45, 2.75) is 6.04 Å². The third-order valence-corrected chi connectivity index (χ3v) is 1.62. The zero-order chi connectivity index (χ0) is 9.84. The Morgan fingerprint density at radius 3 is 2.85 bits per heavy atom. The zero-order valence-corrected chi connectivity index (χ0v) is 6.97. The van der Waals surface area contributed by atoms with Gasteiger partial charge < -0.3 is 16.6 Å². The lowest BCUT2D eigenvalue weighted by molar-refractivity contribution is 0.0690. The van der Waals surface area contributed by atoms with Crippen molar-refractivity contribution >= 4 is 5.97 Å². The van der Waals surface area contributed by atoms with Crippen LogP contribution in [0.2, 0.25) is 0 Å². The molecule has 5 nitrogen and oxygen atoms in total. The van der Waals surface area contributed by atoms with E-state index in [1.54, 1.807) is 12.1 Å². The lowest BCUT2D eigenvalue weighted by Crippen LogP contribution is -2.22. The molecule has 70 valence electrons. The Hall–Kier alpha value is -1.46. The minimum Gasteiger partial charge on any atom is -0.477 e. The van der Waals surface area contributed by atoms with Crippen molar-refractivity contribution in [2.24, 2.45) is 11.5 Å². The molecular formula is C8H11N3O2. The Morgan fingerprint density at radius 2 is 2.31 bits per heavy atom. The van der Waals surface area contributed by atoms with Crippen LogP contribution in [0, 0.1) is 0 Å². The first-order chi connectivity index (χ1) is 6.15. The third-order valence-electron chi connectivity index (χ3n) is 1.62. The summed E-state index contributed by atoms with van der Waals surface area (Å²) in [5, 5.41) is 8.63. The van der Waals surface area contributed by atoms with E-state index < -0.39 is 12.0 Å².